The van der Waals surface area contributed by atoms with Crippen molar-refractivity contribution in [1.82, 2.24) is 10.3 Å². The molecule has 3 heteroatoms. The van der Waals surface area contributed by atoms with Crippen LogP contribution in [0.5, 0.6) is 0 Å². The van der Waals surface area contributed by atoms with E-state index in [0.717, 1.165) is 24.7 Å². The molecule has 0 amide bonds. The lowest BCUT2D eigenvalue weighted by Crippen LogP contribution is -2.40. The van der Waals surface area contributed by atoms with Gasteiger partial charge < -0.3 is 9.73 Å². The van der Waals surface area contributed by atoms with Crippen molar-refractivity contribution in [2.24, 2.45) is 0 Å². The van der Waals surface area contributed by atoms with Gasteiger partial charge in [0.2, 0.25) is 0 Å². The van der Waals surface area contributed by atoms with Gasteiger partial charge in [0.25, 0.3) is 0 Å². The number of rotatable bonds is 2. The molecule has 1 saturated heterocycles. The zero-order valence-electron chi connectivity index (χ0n) is 9.25. The van der Waals surface area contributed by atoms with Crippen LogP contribution < -0.4 is 5.32 Å². The Kier molecular flexibility index (Phi) is 2.28. The molecule has 3 nitrogen and oxygen atoms in total. The maximum Gasteiger partial charge on any atom is 0.197 e. The van der Waals surface area contributed by atoms with E-state index >= 15 is 0 Å². The molecule has 15 heavy (non-hydrogen) atoms. The number of nitrogens with one attached hydrogen (secondary N) is 1. The van der Waals surface area contributed by atoms with Crippen molar-refractivity contribution in [2.45, 2.75) is 44.4 Å². The van der Waals surface area contributed by atoms with Gasteiger partial charge in [-0.05, 0) is 19.8 Å². The molecule has 1 aromatic heterocycles. The van der Waals surface area contributed by atoms with Crippen LogP contribution in [0.1, 0.15) is 54.9 Å². The fourth-order valence-corrected chi connectivity index (χ4v) is 2.64. The molecule has 1 N–H and O–H groups in total. The monoisotopic (exact) mass is 206 g/mol. The number of hydrogen-bond acceptors (Lipinski definition) is 3. The molecule has 1 aliphatic heterocycles. The topological polar surface area (TPSA) is 38.1 Å². The standard InChI is InChI=1S/C12H18N2O/c1-8-11(10-6-13-7-10)14-12(15-8)9-4-2-3-5-9/h9-10,13H,2-7H2,1H3. The van der Waals surface area contributed by atoms with Crippen LogP contribution in [0.2, 0.25) is 0 Å². The van der Waals surface area contributed by atoms with Gasteiger partial charge >= 0.3 is 0 Å². The molecule has 1 aromatic rings. The first kappa shape index (κ1) is 9.40. The second kappa shape index (κ2) is 3.63. The molecule has 1 aliphatic carbocycles. The van der Waals surface area contributed by atoms with Crippen LogP contribution in [-0.4, -0.2) is 18.1 Å². The molecule has 0 atom stereocenters. The summed E-state index contributed by atoms with van der Waals surface area (Å²) in [6.45, 7) is 4.19. The SMILES string of the molecule is Cc1oc(C2CCCC2)nc1C1CNC1. The van der Waals surface area contributed by atoms with Crippen molar-refractivity contribution in [3.05, 3.63) is 17.3 Å². The highest BCUT2D eigenvalue weighted by Crippen LogP contribution is 2.35. The molecule has 2 aliphatic rings. The average Bonchev–Trinajstić information content (AvgIpc) is 2.72. The van der Waals surface area contributed by atoms with Gasteiger partial charge in [0.1, 0.15) is 5.76 Å². The zero-order valence-corrected chi connectivity index (χ0v) is 9.25. The predicted octanol–water partition coefficient (Wildman–Crippen LogP) is 2.33. The number of aryl methyl sites for hydroxylation is 1. The van der Waals surface area contributed by atoms with Gasteiger partial charge in [-0.1, -0.05) is 12.8 Å². The molecular weight excluding hydrogens is 188 g/mol. The van der Waals surface area contributed by atoms with Crippen molar-refractivity contribution in [1.29, 1.82) is 0 Å². The van der Waals surface area contributed by atoms with Crippen LogP contribution in [0, 0.1) is 6.92 Å². The van der Waals surface area contributed by atoms with Crippen LogP contribution in [-0.2, 0) is 0 Å². The maximum absolute atomic E-state index is 5.82. The minimum Gasteiger partial charge on any atom is -0.445 e. The van der Waals surface area contributed by atoms with Gasteiger partial charge in [0.15, 0.2) is 5.89 Å². The van der Waals surface area contributed by atoms with E-state index in [1.807, 2.05) is 0 Å². The molecule has 0 spiro atoms. The predicted molar refractivity (Wildman–Crippen MR) is 58.1 cm³/mol. The summed E-state index contributed by atoms with van der Waals surface area (Å²) in [6.07, 6.45) is 5.21. The number of nitrogens with zero attached hydrogens (tertiary/aromatic N) is 1. The van der Waals surface area contributed by atoms with Crippen molar-refractivity contribution in [2.75, 3.05) is 13.1 Å². The van der Waals surface area contributed by atoms with Crippen LogP contribution in [0.25, 0.3) is 0 Å². The minimum atomic E-state index is 0.601. The Bertz CT molecular complexity index is 349. The van der Waals surface area contributed by atoms with E-state index in [0.29, 0.717) is 11.8 Å². The van der Waals surface area contributed by atoms with E-state index in [-0.39, 0.29) is 0 Å². The van der Waals surface area contributed by atoms with E-state index in [2.05, 4.69) is 12.2 Å². The highest BCUT2D eigenvalue weighted by molar-refractivity contribution is 5.19. The van der Waals surface area contributed by atoms with Gasteiger partial charge in [-0.25, -0.2) is 4.98 Å². The second-order valence-electron chi connectivity index (χ2n) is 4.83. The summed E-state index contributed by atoms with van der Waals surface area (Å²) in [6, 6.07) is 0. The second-order valence-corrected chi connectivity index (χ2v) is 4.83. The lowest BCUT2D eigenvalue weighted by atomic mass is 9.98. The highest BCUT2D eigenvalue weighted by atomic mass is 16.4. The van der Waals surface area contributed by atoms with E-state index in [4.69, 9.17) is 9.40 Å². The fourth-order valence-electron chi connectivity index (χ4n) is 2.64. The zero-order chi connectivity index (χ0) is 10.3. The molecule has 82 valence electrons. The first-order valence-corrected chi connectivity index (χ1v) is 6.02. The highest BCUT2D eigenvalue weighted by Gasteiger charge is 2.28. The smallest absolute Gasteiger partial charge is 0.197 e. The Hall–Kier alpha value is -0.830. The van der Waals surface area contributed by atoms with Gasteiger partial charge in [-0.2, -0.15) is 0 Å². The number of oxazole rings is 1. The summed E-state index contributed by atoms with van der Waals surface area (Å²) in [7, 11) is 0. The number of hydrogen-bond donors (Lipinski definition) is 1. The van der Waals surface area contributed by atoms with Crippen molar-refractivity contribution < 1.29 is 4.42 Å². The summed E-state index contributed by atoms with van der Waals surface area (Å²) in [5, 5.41) is 3.28. The third-order valence-electron chi connectivity index (χ3n) is 3.72. The Balaban J connectivity index is 1.83. The molecule has 0 aromatic carbocycles. The summed E-state index contributed by atoms with van der Waals surface area (Å²) in [5.74, 6) is 3.25. The molecule has 3 rings (SSSR count). The molecular formula is C12H18N2O. The summed E-state index contributed by atoms with van der Waals surface area (Å²) < 4.78 is 5.82. The molecule has 0 radical (unpaired) electrons. The Morgan fingerprint density at radius 3 is 2.53 bits per heavy atom. The Morgan fingerprint density at radius 1 is 1.20 bits per heavy atom. The van der Waals surface area contributed by atoms with Crippen LogP contribution in [0.3, 0.4) is 0 Å². The van der Waals surface area contributed by atoms with Gasteiger partial charge in [-0.3, -0.25) is 0 Å². The third kappa shape index (κ3) is 1.59. The van der Waals surface area contributed by atoms with E-state index in [9.17, 15) is 0 Å². The molecule has 2 heterocycles. The summed E-state index contributed by atoms with van der Waals surface area (Å²) in [4.78, 5) is 4.71. The molecule has 1 saturated carbocycles. The van der Waals surface area contributed by atoms with Gasteiger partial charge in [0.05, 0.1) is 5.69 Å². The average molecular weight is 206 g/mol. The molecule has 2 fully saturated rings. The maximum atomic E-state index is 5.82. The first-order chi connectivity index (χ1) is 7.34. The van der Waals surface area contributed by atoms with Gasteiger partial charge in [0, 0.05) is 24.9 Å². The largest absolute Gasteiger partial charge is 0.445 e. The van der Waals surface area contributed by atoms with Crippen molar-refractivity contribution in [3.63, 3.8) is 0 Å². The normalized spacial score (nSPS) is 23.3. The van der Waals surface area contributed by atoms with Crippen molar-refractivity contribution in [3.8, 4) is 0 Å². The quantitative estimate of drug-likeness (QED) is 0.807. The lowest BCUT2D eigenvalue weighted by Gasteiger charge is -2.25. The van der Waals surface area contributed by atoms with Crippen LogP contribution in [0.4, 0.5) is 0 Å². The van der Waals surface area contributed by atoms with Gasteiger partial charge in [-0.15, -0.1) is 0 Å². The van der Waals surface area contributed by atoms with Crippen LogP contribution >= 0.6 is 0 Å². The molecule has 0 bridgehead atoms. The summed E-state index contributed by atoms with van der Waals surface area (Å²) in [5.41, 5.74) is 1.20. The van der Waals surface area contributed by atoms with E-state index in [1.54, 1.807) is 0 Å². The Labute approximate surface area is 90.3 Å². The first-order valence-electron chi connectivity index (χ1n) is 6.02. The third-order valence-corrected chi connectivity index (χ3v) is 3.72. The fraction of sp³-hybridized carbons (Fsp3) is 0.750. The van der Waals surface area contributed by atoms with Crippen LogP contribution in [0.15, 0.2) is 4.42 Å². The Morgan fingerprint density at radius 2 is 1.93 bits per heavy atom. The molecule has 0 unspecified atom stereocenters. The van der Waals surface area contributed by atoms with E-state index in [1.165, 1.54) is 31.4 Å². The van der Waals surface area contributed by atoms with Crippen molar-refractivity contribution >= 4 is 0 Å². The number of aromatic nitrogens is 1. The summed E-state index contributed by atoms with van der Waals surface area (Å²) >= 11 is 0. The minimum absolute atomic E-state index is 0.601. The lowest BCUT2D eigenvalue weighted by molar-refractivity contribution is 0.421. The van der Waals surface area contributed by atoms with E-state index < -0.39 is 0 Å².